The summed E-state index contributed by atoms with van der Waals surface area (Å²) in [6.07, 6.45) is 5.03. The molecule has 0 bridgehead atoms. The molecule has 1 aromatic rings. The Hall–Kier alpha value is -1.17. The summed E-state index contributed by atoms with van der Waals surface area (Å²) in [5, 5.41) is 0. The van der Waals surface area contributed by atoms with Crippen molar-refractivity contribution in [2.75, 3.05) is 12.3 Å². The van der Waals surface area contributed by atoms with Crippen LogP contribution in [0, 0.1) is 12.8 Å². The molecule has 1 aromatic heterocycles. The van der Waals surface area contributed by atoms with Crippen molar-refractivity contribution in [1.29, 1.82) is 0 Å². The molecule has 2 rings (SSSR count). The second-order valence-electron chi connectivity index (χ2n) is 5.83. The van der Waals surface area contributed by atoms with Crippen LogP contribution < -0.4 is 11.4 Å². The number of nitrogen functional groups attached to an aromatic ring is 1. The lowest BCUT2D eigenvalue weighted by Crippen LogP contribution is -2.27. The standard InChI is InChI=1S/C11H18N3O11P3/c1-7-5-14(11(15)13-10(7)12)9-3-2-8(4-9)6-23-27(19,20)25-28(21,22)24-26(16,17)18/h2-3,5,8-9H,4,6H2,1H3,(H,19,20)(H,21,22)(H2,12,13,15)(H2,16,17,18). The third kappa shape index (κ3) is 6.71. The first-order chi connectivity index (χ1) is 12.7. The maximum Gasteiger partial charge on any atom is 0.490 e. The second-order valence-corrected chi connectivity index (χ2v) is 10.3. The Bertz CT molecular complexity index is 970. The SMILES string of the molecule is Cc1cn(C2C=CC(COP(=O)(O)OP(=O)(O)OP(=O)(O)O)C2)c(=O)nc1N. The van der Waals surface area contributed by atoms with Crippen LogP contribution in [0.15, 0.2) is 23.1 Å². The first-order valence-electron chi connectivity index (χ1n) is 7.49. The van der Waals surface area contributed by atoms with Crippen LogP contribution >= 0.6 is 23.5 Å². The number of nitrogens with two attached hydrogens (primary N) is 1. The summed E-state index contributed by atoms with van der Waals surface area (Å²) in [6.45, 7) is 1.22. The van der Waals surface area contributed by atoms with Gasteiger partial charge in [0.05, 0.1) is 12.6 Å². The maximum atomic E-state index is 11.9. The quantitative estimate of drug-likeness (QED) is 0.265. The molecular formula is C11H18N3O11P3. The van der Waals surface area contributed by atoms with E-state index in [0.717, 1.165) is 0 Å². The van der Waals surface area contributed by atoms with Gasteiger partial charge in [0.1, 0.15) is 5.82 Å². The van der Waals surface area contributed by atoms with Gasteiger partial charge >= 0.3 is 29.2 Å². The zero-order valence-corrected chi connectivity index (χ0v) is 16.9. The zero-order chi connectivity index (χ0) is 21.3. The molecule has 4 atom stereocenters. The van der Waals surface area contributed by atoms with Crippen molar-refractivity contribution in [2.45, 2.75) is 19.4 Å². The third-order valence-corrected chi connectivity index (χ3v) is 7.35. The summed E-state index contributed by atoms with van der Waals surface area (Å²) < 4.78 is 46.7. The minimum atomic E-state index is -5.56. The van der Waals surface area contributed by atoms with Crippen molar-refractivity contribution in [3.05, 3.63) is 34.4 Å². The number of hydrogen-bond donors (Lipinski definition) is 5. The smallest absolute Gasteiger partial charge is 0.383 e. The first kappa shape index (κ1) is 23.1. The molecule has 0 saturated heterocycles. The molecule has 0 fully saturated rings. The van der Waals surface area contributed by atoms with Crippen molar-refractivity contribution < 1.29 is 46.4 Å². The maximum absolute atomic E-state index is 11.9. The van der Waals surface area contributed by atoms with E-state index in [0.29, 0.717) is 5.56 Å². The summed E-state index contributed by atoms with van der Waals surface area (Å²) >= 11 is 0. The summed E-state index contributed by atoms with van der Waals surface area (Å²) in [5.41, 5.74) is 5.57. The highest BCUT2D eigenvalue weighted by Crippen LogP contribution is 2.66. The van der Waals surface area contributed by atoms with Gasteiger partial charge in [-0.2, -0.15) is 13.6 Å². The Balaban J connectivity index is 1.96. The predicted molar refractivity (Wildman–Crippen MR) is 93.7 cm³/mol. The van der Waals surface area contributed by atoms with Gasteiger partial charge in [0.25, 0.3) is 0 Å². The fourth-order valence-corrected chi connectivity index (χ4v) is 5.47. The average molecular weight is 461 g/mol. The molecule has 0 aromatic carbocycles. The lowest BCUT2D eigenvalue weighted by atomic mass is 10.1. The number of aromatic nitrogens is 2. The Morgan fingerprint density at radius 3 is 2.43 bits per heavy atom. The van der Waals surface area contributed by atoms with E-state index in [1.165, 1.54) is 10.8 Å². The van der Waals surface area contributed by atoms with E-state index in [1.54, 1.807) is 19.1 Å². The minimum absolute atomic E-state index is 0.104. The normalized spacial score (nSPS) is 24.0. The number of aryl methyl sites for hydroxylation is 1. The van der Waals surface area contributed by atoms with Crippen LogP contribution in [0.3, 0.4) is 0 Å². The lowest BCUT2D eigenvalue weighted by Gasteiger charge is -2.18. The van der Waals surface area contributed by atoms with Crippen molar-refractivity contribution in [3.8, 4) is 0 Å². The van der Waals surface area contributed by atoms with Gasteiger partial charge < -0.3 is 25.3 Å². The molecule has 1 aliphatic carbocycles. The van der Waals surface area contributed by atoms with Crippen LogP contribution in [0.25, 0.3) is 0 Å². The van der Waals surface area contributed by atoms with Crippen LogP contribution in [-0.2, 0) is 26.8 Å². The van der Waals surface area contributed by atoms with Crippen molar-refractivity contribution in [3.63, 3.8) is 0 Å². The summed E-state index contributed by atoms with van der Waals surface area (Å²) in [7, 11) is -16.2. The molecule has 0 radical (unpaired) electrons. The molecule has 4 unspecified atom stereocenters. The fraction of sp³-hybridized carbons (Fsp3) is 0.455. The van der Waals surface area contributed by atoms with Gasteiger partial charge in [0.2, 0.25) is 0 Å². The highest BCUT2D eigenvalue weighted by molar-refractivity contribution is 7.66. The highest BCUT2D eigenvalue weighted by Gasteiger charge is 2.41. The molecule has 1 aliphatic rings. The summed E-state index contributed by atoms with van der Waals surface area (Å²) in [6, 6.07) is -0.422. The molecule has 0 amide bonds. The molecule has 17 heteroatoms. The van der Waals surface area contributed by atoms with E-state index >= 15 is 0 Å². The van der Waals surface area contributed by atoms with E-state index in [2.05, 4.69) is 18.1 Å². The van der Waals surface area contributed by atoms with Gasteiger partial charge in [-0.05, 0) is 13.3 Å². The average Bonchev–Trinajstić information content (AvgIpc) is 2.94. The van der Waals surface area contributed by atoms with Crippen LogP contribution in [-0.4, -0.2) is 35.7 Å². The monoisotopic (exact) mass is 461 g/mol. The predicted octanol–water partition coefficient (Wildman–Crippen LogP) is 0.594. The molecule has 0 aliphatic heterocycles. The van der Waals surface area contributed by atoms with E-state index in [1.807, 2.05) is 0 Å². The van der Waals surface area contributed by atoms with Crippen molar-refractivity contribution in [1.82, 2.24) is 9.55 Å². The van der Waals surface area contributed by atoms with Crippen LogP contribution in [0.2, 0.25) is 0 Å². The Labute approximate surface area is 158 Å². The third-order valence-electron chi connectivity index (χ3n) is 3.55. The Morgan fingerprint density at radius 2 is 1.82 bits per heavy atom. The molecule has 0 saturated carbocycles. The van der Waals surface area contributed by atoms with Crippen LogP contribution in [0.5, 0.6) is 0 Å². The van der Waals surface area contributed by atoms with Crippen molar-refractivity contribution in [2.24, 2.45) is 5.92 Å². The largest absolute Gasteiger partial charge is 0.490 e. The number of anilines is 1. The number of nitrogens with zero attached hydrogens (tertiary/aromatic N) is 2. The number of phosphoric acid groups is 3. The lowest BCUT2D eigenvalue weighted by molar-refractivity contribution is 0.159. The van der Waals surface area contributed by atoms with Gasteiger partial charge in [0, 0.05) is 17.7 Å². The van der Waals surface area contributed by atoms with Crippen LogP contribution in [0.4, 0.5) is 5.82 Å². The van der Waals surface area contributed by atoms with Gasteiger partial charge in [-0.1, -0.05) is 12.2 Å². The molecule has 158 valence electrons. The van der Waals surface area contributed by atoms with E-state index in [-0.39, 0.29) is 12.2 Å². The molecule has 14 nitrogen and oxygen atoms in total. The molecule has 0 spiro atoms. The van der Waals surface area contributed by atoms with Gasteiger partial charge in [-0.15, -0.1) is 0 Å². The molecule has 6 N–H and O–H groups in total. The zero-order valence-electron chi connectivity index (χ0n) is 14.3. The summed E-state index contributed by atoms with van der Waals surface area (Å²) in [5.74, 6) is -0.368. The van der Waals surface area contributed by atoms with Gasteiger partial charge in [-0.3, -0.25) is 9.09 Å². The molecule has 28 heavy (non-hydrogen) atoms. The second kappa shape index (κ2) is 8.29. The Morgan fingerprint density at radius 1 is 1.18 bits per heavy atom. The molecule has 1 heterocycles. The highest BCUT2D eigenvalue weighted by atomic mass is 31.3. The number of hydrogen-bond acceptors (Lipinski definition) is 9. The van der Waals surface area contributed by atoms with E-state index in [9.17, 15) is 23.4 Å². The fourth-order valence-electron chi connectivity index (χ4n) is 2.39. The number of phosphoric ester groups is 1. The number of allylic oxidation sites excluding steroid dienone is 1. The Kier molecular flexibility index (Phi) is 6.84. The first-order valence-corrected chi connectivity index (χ1v) is 12.0. The molecular weight excluding hydrogens is 443 g/mol. The van der Waals surface area contributed by atoms with Gasteiger partial charge in [0.15, 0.2) is 0 Å². The van der Waals surface area contributed by atoms with Crippen LogP contribution in [0.1, 0.15) is 18.0 Å². The van der Waals surface area contributed by atoms with E-state index < -0.39 is 47.7 Å². The minimum Gasteiger partial charge on any atom is -0.383 e. The topological polar surface area (TPSA) is 221 Å². The van der Waals surface area contributed by atoms with Gasteiger partial charge in [-0.25, -0.2) is 18.5 Å². The van der Waals surface area contributed by atoms with Crippen molar-refractivity contribution >= 4 is 29.3 Å². The number of rotatable bonds is 8. The van der Waals surface area contributed by atoms with E-state index in [4.69, 9.17) is 20.4 Å². The summed E-state index contributed by atoms with van der Waals surface area (Å²) in [4.78, 5) is 51.1.